The van der Waals surface area contributed by atoms with E-state index in [1.807, 2.05) is 0 Å². The van der Waals surface area contributed by atoms with Crippen molar-refractivity contribution in [3.63, 3.8) is 0 Å². The molecule has 21 heavy (non-hydrogen) atoms. The lowest BCUT2D eigenvalue weighted by atomic mass is 10.0. The van der Waals surface area contributed by atoms with Crippen LogP contribution in [0.4, 0.5) is 5.69 Å². The van der Waals surface area contributed by atoms with Crippen LogP contribution in [0.1, 0.15) is 18.4 Å². The highest BCUT2D eigenvalue weighted by Crippen LogP contribution is 2.18. The van der Waals surface area contributed by atoms with Crippen molar-refractivity contribution >= 4 is 15.7 Å². The number of hydrogen-bond donors (Lipinski definition) is 2. The van der Waals surface area contributed by atoms with Gasteiger partial charge in [-0.15, -0.1) is 0 Å². The van der Waals surface area contributed by atoms with E-state index in [1.54, 1.807) is 18.2 Å². The first-order valence-corrected chi connectivity index (χ1v) is 8.53. The Labute approximate surface area is 123 Å². The Morgan fingerprint density at radius 2 is 2.14 bits per heavy atom. The van der Waals surface area contributed by atoms with Gasteiger partial charge in [-0.1, -0.05) is 18.2 Å². The molecule has 8 heteroatoms. The molecule has 0 amide bonds. The molecular formula is C13H19N3O4S. The van der Waals surface area contributed by atoms with Crippen molar-refractivity contribution in [2.45, 2.75) is 19.4 Å². The zero-order valence-corrected chi connectivity index (χ0v) is 12.4. The van der Waals surface area contributed by atoms with E-state index < -0.39 is 14.9 Å². The smallest absolute Gasteiger partial charge is 0.273 e. The van der Waals surface area contributed by atoms with Crippen LogP contribution in [0, 0.1) is 16.0 Å². The summed E-state index contributed by atoms with van der Waals surface area (Å²) in [5, 5.41) is 14.1. The average Bonchev–Trinajstić information content (AvgIpc) is 2.46. The fourth-order valence-electron chi connectivity index (χ4n) is 2.46. The van der Waals surface area contributed by atoms with Crippen LogP contribution < -0.4 is 10.0 Å². The lowest BCUT2D eigenvalue weighted by Crippen LogP contribution is -2.37. The highest BCUT2D eigenvalue weighted by Gasteiger charge is 2.22. The van der Waals surface area contributed by atoms with Crippen molar-refractivity contribution in [2.24, 2.45) is 5.92 Å². The molecular weight excluding hydrogens is 294 g/mol. The molecule has 7 nitrogen and oxygen atoms in total. The summed E-state index contributed by atoms with van der Waals surface area (Å²) in [4.78, 5) is 10.4. The largest absolute Gasteiger partial charge is 0.316 e. The lowest BCUT2D eigenvalue weighted by Gasteiger charge is -2.22. The van der Waals surface area contributed by atoms with E-state index in [9.17, 15) is 18.5 Å². The second-order valence-electron chi connectivity index (χ2n) is 5.20. The summed E-state index contributed by atoms with van der Waals surface area (Å²) in [6.07, 6.45) is 1.86. The van der Waals surface area contributed by atoms with Crippen LogP contribution in [-0.4, -0.2) is 32.2 Å². The zero-order valence-electron chi connectivity index (χ0n) is 11.6. The number of sulfonamides is 1. The zero-order chi connectivity index (χ0) is 15.3. The van der Waals surface area contributed by atoms with Gasteiger partial charge in [0.25, 0.3) is 5.69 Å². The molecule has 1 aromatic rings. The van der Waals surface area contributed by atoms with Crippen molar-refractivity contribution in [1.82, 2.24) is 10.0 Å². The Bertz CT molecular complexity index is 597. The van der Waals surface area contributed by atoms with Crippen molar-refractivity contribution in [2.75, 3.05) is 18.8 Å². The molecule has 2 rings (SSSR count). The number of nitrogens with one attached hydrogen (secondary N) is 2. The second kappa shape index (κ2) is 6.97. The maximum Gasteiger partial charge on any atom is 0.273 e. The third kappa shape index (κ3) is 4.76. The lowest BCUT2D eigenvalue weighted by molar-refractivity contribution is -0.385. The molecule has 0 spiro atoms. The van der Waals surface area contributed by atoms with Gasteiger partial charge in [0.2, 0.25) is 10.0 Å². The maximum absolute atomic E-state index is 12.0. The minimum atomic E-state index is -3.43. The van der Waals surface area contributed by atoms with Gasteiger partial charge in [0.05, 0.1) is 10.7 Å². The molecule has 0 saturated carbocycles. The SMILES string of the molecule is O=[N+]([O-])c1ccccc1CNS(=O)(=O)CC1CCCNC1. The van der Waals surface area contributed by atoms with E-state index in [0.717, 1.165) is 19.4 Å². The number of piperidine rings is 1. The molecule has 116 valence electrons. The first-order chi connectivity index (χ1) is 9.98. The van der Waals surface area contributed by atoms with Crippen molar-refractivity contribution < 1.29 is 13.3 Å². The summed E-state index contributed by atoms with van der Waals surface area (Å²) in [5.74, 6) is 0.155. The number of nitro benzene ring substituents is 1. The van der Waals surface area contributed by atoms with E-state index in [1.165, 1.54) is 6.07 Å². The van der Waals surface area contributed by atoms with E-state index in [2.05, 4.69) is 10.0 Å². The number of benzene rings is 1. The second-order valence-corrected chi connectivity index (χ2v) is 7.05. The van der Waals surface area contributed by atoms with Crippen LogP contribution in [0.5, 0.6) is 0 Å². The van der Waals surface area contributed by atoms with E-state index in [4.69, 9.17) is 0 Å². The van der Waals surface area contributed by atoms with E-state index >= 15 is 0 Å². The highest BCUT2D eigenvalue weighted by atomic mass is 32.2. The Kier molecular flexibility index (Phi) is 5.27. The molecule has 0 radical (unpaired) electrons. The average molecular weight is 313 g/mol. The van der Waals surface area contributed by atoms with Gasteiger partial charge in [0, 0.05) is 18.2 Å². The molecule has 1 aliphatic heterocycles. The standard InChI is InChI=1S/C13H19N3O4S/c17-16(18)13-6-2-1-5-12(13)9-15-21(19,20)10-11-4-3-7-14-8-11/h1-2,5-6,11,14-15H,3-4,7-10H2. The molecule has 1 fully saturated rings. The Morgan fingerprint density at radius 1 is 1.38 bits per heavy atom. The van der Waals surface area contributed by atoms with Gasteiger partial charge >= 0.3 is 0 Å². The van der Waals surface area contributed by atoms with Crippen LogP contribution in [0.2, 0.25) is 0 Å². The summed E-state index contributed by atoms with van der Waals surface area (Å²) in [5.41, 5.74) is 0.298. The van der Waals surface area contributed by atoms with Crippen LogP contribution in [-0.2, 0) is 16.6 Å². The summed E-state index contributed by atoms with van der Waals surface area (Å²) in [7, 11) is -3.43. The molecule has 1 atom stereocenters. The highest BCUT2D eigenvalue weighted by molar-refractivity contribution is 7.89. The van der Waals surface area contributed by atoms with Gasteiger partial charge in [-0.25, -0.2) is 13.1 Å². The summed E-state index contributed by atoms with van der Waals surface area (Å²) < 4.78 is 26.5. The van der Waals surface area contributed by atoms with Gasteiger partial charge in [-0.2, -0.15) is 0 Å². The van der Waals surface area contributed by atoms with Crippen LogP contribution in [0.3, 0.4) is 0 Å². The Hall–Kier alpha value is -1.51. The molecule has 1 heterocycles. The van der Waals surface area contributed by atoms with Gasteiger partial charge in [-0.3, -0.25) is 10.1 Å². The number of nitro groups is 1. The molecule has 1 aromatic carbocycles. The quantitative estimate of drug-likeness (QED) is 0.603. The van der Waals surface area contributed by atoms with Crippen molar-refractivity contribution in [1.29, 1.82) is 0 Å². The van der Waals surface area contributed by atoms with Gasteiger partial charge in [0.1, 0.15) is 0 Å². The first kappa shape index (κ1) is 15.9. The molecule has 0 bridgehead atoms. The molecule has 1 unspecified atom stereocenters. The van der Waals surface area contributed by atoms with Crippen molar-refractivity contribution in [3.05, 3.63) is 39.9 Å². The number of rotatable bonds is 6. The van der Waals surface area contributed by atoms with Gasteiger partial charge < -0.3 is 5.32 Å². The normalized spacial score (nSPS) is 19.3. The predicted octanol–water partition coefficient (Wildman–Crippen LogP) is 1.01. The van der Waals surface area contributed by atoms with Gasteiger partial charge in [0.15, 0.2) is 0 Å². The first-order valence-electron chi connectivity index (χ1n) is 6.88. The van der Waals surface area contributed by atoms with Crippen LogP contribution in [0.15, 0.2) is 24.3 Å². The maximum atomic E-state index is 12.0. The van der Waals surface area contributed by atoms with Crippen LogP contribution in [0.25, 0.3) is 0 Å². The Morgan fingerprint density at radius 3 is 2.81 bits per heavy atom. The fourth-order valence-corrected chi connectivity index (χ4v) is 3.86. The molecule has 0 aliphatic carbocycles. The third-order valence-corrected chi connectivity index (χ3v) is 5.02. The minimum Gasteiger partial charge on any atom is -0.316 e. The number of nitrogens with zero attached hydrogens (tertiary/aromatic N) is 1. The topological polar surface area (TPSA) is 101 Å². The number of hydrogen-bond acceptors (Lipinski definition) is 5. The number of para-hydroxylation sites is 1. The minimum absolute atomic E-state index is 0.0559. The fraction of sp³-hybridized carbons (Fsp3) is 0.538. The summed E-state index contributed by atoms with van der Waals surface area (Å²) in [6.45, 7) is 1.58. The van der Waals surface area contributed by atoms with Crippen molar-refractivity contribution in [3.8, 4) is 0 Å². The van der Waals surface area contributed by atoms with E-state index in [0.29, 0.717) is 12.1 Å². The molecule has 1 saturated heterocycles. The van der Waals surface area contributed by atoms with Crippen LogP contribution >= 0.6 is 0 Å². The molecule has 1 aliphatic rings. The molecule has 2 N–H and O–H groups in total. The Balaban J connectivity index is 1.96. The molecule has 0 aromatic heterocycles. The predicted molar refractivity (Wildman–Crippen MR) is 79.3 cm³/mol. The third-order valence-electron chi connectivity index (χ3n) is 3.52. The summed E-state index contributed by atoms with van der Waals surface area (Å²) >= 11 is 0. The monoisotopic (exact) mass is 313 g/mol. The van der Waals surface area contributed by atoms with E-state index in [-0.39, 0.29) is 23.9 Å². The van der Waals surface area contributed by atoms with Gasteiger partial charge in [-0.05, 0) is 31.8 Å². The summed E-state index contributed by atoms with van der Waals surface area (Å²) in [6, 6.07) is 6.14.